The molecular formula is C28H37N7O3. The second kappa shape index (κ2) is 10.8. The number of rotatable bonds is 6. The lowest BCUT2D eigenvalue weighted by molar-refractivity contribution is -0.115. The summed E-state index contributed by atoms with van der Waals surface area (Å²) in [6, 6.07) is 10.2. The molecule has 38 heavy (non-hydrogen) atoms. The van der Waals surface area contributed by atoms with Gasteiger partial charge in [-0.3, -0.25) is 20.5 Å². The Hall–Kier alpha value is -3.92. The van der Waals surface area contributed by atoms with Crippen LogP contribution in [0.1, 0.15) is 51.7 Å². The van der Waals surface area contributed by atoms with E-state index in [4.69, 9.17) is 26.7 Å². The van der Waals surface area contributed by atoms with Crippen LogP contribution in [-0.2, 0) is 9.53 Å². The highest BCUT2D eigenvalue weighted by Crippen LogP contribution is 2.31. The standard InChI is InChI=1S/C28H37N7O3/c1-15(2)25(30)21-11-22(24(36)12-23(21)29)26(31)35(27(32)28(37)33-18-5-6-18)20-9-7-19(8-10-20)34-13-16(3)38-17(4)14-34/h7-12,15-18,30-32,36H,5-6,13-14,29H2,1-4H3,(H,33,37). The summed E-state index contributed by atoms with van der Waals surface area (Å²) >= 11 is 0. The zero-order chi connectivity index (χ0) is 27.7. The van der Waals surface area contributed by atoms with Crippen molar-refractivity contribution in [2.24, 2.45) is 5.92 Å². The summed E-state index contributed by atoms with van der Waals surface area (Å²) in [5.74, 6) is -1.68. The fourth-order valence-electron chi connectivity index (χ4n) is 4.61. The lowest BCUT2D eigenvalue weighted by Crippen LogP contribution is -2.47. The Balaban J connectivity index is 1.71. The number of hydrogen-bond acceptors (Lipinski definition) is 8. The summed E-state index contributed by atoms with van der Waals surface area (Å²) in [4.78, 5) is 16.4. The van der Waals surface area contributed by atoms with Crippen molar-refractivity contribution in [1.82, 2.24) is 5.32 Å². The summed E-state index contributed by atoms with van der Waals surface area (Å²) in [7, 11) is 0. The zero-order valence-corrected chi connectivity index (χ0v) is 22.3. The molecule has 1 aliphatic heterocycles. The third-order valence-electron chi connectivity index (χ3n) is 6.76. The fraction of sp³-hybridized carbons (Fsp3) is 0.429. The Morgan fingerprint density at radius 3 is 2.24 bits per heavy atom. The first-order chi connectivity index (χ1) is 18.0. The molecule has 0 bridgehead atoms. The number of phenols is 1. The number of phenolic OH excluding ortho intramolecular Hbond substituents is 1. The number of ether oxygens (including phenoxy) is 1. The van der Waals surface area contributed by atoms with Gasteiger partial charge in [-0.2, -0.15) is 0 Å². The van der Waals surface area contributed by atoms with Gasteiger partial charge in [0.2, 0.25) is 0 Å². The molecule has 1 amide bonds. The maximum Gasteiger partial charge on any atom is 0.287 e. The minimum absolute atomic E-state index is 0.0367. The molecule has 2 atom stereocenters. The van der Waals surface area contributed by atoms with E-state index in [1.807, 2.05) is 39.8 Å². The van der Waals surface area contributed by atoms with Crippen LogP contribution in [0.5, 0.6) is 5.75 Å². The van der Waals surface area contributed by atoms with E-state index in [-0.39, 0.29) is 52.7 Å². The Morgan fingerprint density at radius 1 is 1.08 bits per heavy atom. The lowest BCUT2D eigenvalue weighted by Gasteiger charge is -2.37. The van der Waals surface area contributed by atoms with Crippen LogP contribution in [0, 0.1) is 22.1 Å². The number of carbonyl (C=O) groups excluding carboxylic acids is 1. The van der Waals surface area contributed by atoms with E-state index in [9.17, 15) is 9.90 Å². The van der Waals surface area contributed by atoms with Gasteiger partial charge in [0.15, 0.2) is 5.84 Å². The van der Waals surface area contributed by atoms with Crippen LogP contribution in [0.4, 0.5) is 17.1 Å². The van der Waals surface area contributed by atoms with Gasteiger partial charge >= 0.3 is 0 Å². The van der Waals surface area contributed by atoms with Gasteiger partial charge in [0, 0.05) is 53.5 Å². The van der Waals surface area contributed by atoms with Crippen LogP contribution in [-0.4, -0.2) is 59.7 Å². The lowest BCUT2D eigenvalue weighted by atomic mass is 9.95. The first kappa shape index (κ1) is 27.1. The topological polar surface area (TPSA) is 163 Å². The number of nitrogens with one attached hydrogen (secondary N) is 4. The zero-order valence-electron chi connectivity index (χ0n) is 22.3. The van der Waals surface area contributed by atoms with Crippen molar-refractivity contribution < 1.29 is 14.6 Å². The van der Waals surface area contributed by atoms with Gasteiger partial charge in [-0.05, 0) is 62.9 Å². The molecule has 7 N–H and O–H groups in total. The molecule has 202 valence electrons. The Bertz CT molecular complexity index is 1240. The second-order valence-electron chi connectivity index (χ2n) is 10.5. The number of anilines is 3. The largest absolute Gasteiger partial charge is 0.507 e. The van der Waals surface area contributed by atoms with Crippen molar-refractivity contribution >= 4 is 40.4 Å². The van der Waals surface area contributed by atoms with E-state index in [1.54, 1.807) is 12.1 Å². The maximum atomic E-state index is 12.9. The number of nitrogens with two attached hydrogens (primary N) is 1. The van der Waals surface area contributed by atoms with E-state index in [2.05, 4.69) is 10.2 Å². The molecule has 2 aromatic rings. The molecule has 2 fully saturated rings. The molecule has 10 heteroatoms. The Kier molecular flexibility index (Phi) is 7.73. The van der Waals surface area contributed by atoms with Crippen LogP contribution in [0.25, 0.3) is 0 Å². The number of aromatic hydroxyl groups is 1. The van der Waals surface area contributed by atoms with E-state index >= 15 is 0 Å². The van der Waals surface area contributed by atoms with Crippen molar-refractivity contribution in [3.63, 3.8) is 0 Å². The second-order valence-corrected chi connectivity index (χ2v) is 10.5. The van der Waals surface area contributed by atoms with Crippen molar-refractivity contribution in [3.8, 4) is 5.75 Å². The quantitative estimate of drug-likeness (QED) is 0.194. The molecule has 0 aromatic heterocycles. The molecule has 2 aromatic carbocycles. The first-order valence-corrected chi connectivity index (χ1v) is 13.0. The van der Waals surface area contributed by atoms with Crippen molar-refractivity contribution in [2.75, 3.05) is 28.6 Å². The predicted molar refractivity (Wildman–Crippen MR) is 151 cm³/mol. The molecule has 2 unspecified atom stereocenters. The number of morpholine rings is 1. The van der Waals surface area contributed by atoms with E-state index < -0.39 is 11.7 Å². The van der Waals surface area contributed by atoms with Crippen LogP contribution in [0.15, 0.2) is 36.4 Å². The highest BCUT2D eigenvalue weighted by atomic mass is 16.5. The smallest absolute Gasteiger partial charge is 0.287 e. The molecule has 2 aliphatic rings. The third kappa shape index (κ3) is 5.80. The van der Waals surface area contributed by atoms with Crippen LogP contribution in [0.2, 0.25) is 0 Å². The number of benzene rings is 2. The average molecular weight is 520 g/mol. The van der Waals surface area contributed by atoms with Crippen molar-refractivity contribution in [2.45, 2.75) is 58.8 Å². The fourth-order valence-corrected chi connectivity index (χ4v) is 4.61. The van der Waals surface area contributed by atoms with Gasteiger partial charge in [0.1, 0.15) is 11.6 Å². The molecular weight excluding hydrogens is 482 g/mol. The van der Waals surface area contributed by atoms with E-state index in [0.29, 0.717) is 11.3 Å². The van der Waals surface area contributed by atoms with E-state index in [1.165, 1.54) is 17.0 Å². The molecule has 0 radical (unpaired) electrons. The molecule has 1 saturated carbocycles. The maximum absolute atomic E-state index is 12.9. The Labute approximate surface area is 223 Å². The normalized spacial score (nSPS) is 19.2. The minimum atomic E-state index is -0.595. The highest BCUT2D eigenvalue weighted by molar-refractivity contribution is 6.48. The monoisotopic (exact) mass is 519 g/mol. The number of nitrogen functional groups attached to an aromatic ring is 1. The number of hydrogen-bond donors (Lipinski definition) is 6. The molecule has 1 heterocycles. The predicted octanol–water partition coefficient (Wildman–Crippen LogP) is 3.70. The summed E-state index contributed by atoms with van der Waals surface area (Å²) in [5, 5.41) is 39.7. The molecule has 10 nitrogen and oxygen atoms in total. The van der Waals surface area contributed by atoms with Gasteiger partial charge in [0.25, 0.3) is 5.91 Å². The Morgan fingerprint density at radius 2 is 1.68 bits per heavy atom. The summed E-state index contributed by atoms with van der Waals surface area (Å²) in [6.45, 7) is 9.28. The summed E-state index contributed by atoms with van der Waals surface area (Å²) in [6.07, 6.45) is 1.91. The number of carbonyl (C=O) groups is 1. The van der Waals surface area contributed by atoms with Gasteiger partial charge in [-0.15, -0.1) is 0 Å². The summed E-state index contributed by atoms with van der Waals surface area (Å²) in [5.41, 5.74) is 8.46. The van der Waals surface area contributed by atoms with E-state index in [0.717, 1.165) is 31.6 Å². The molecule has 1 saturated heterocycles. The SMILES string of the molecule is CC1CN(c2ccc(N(C(=N)C(=O)NC3CC3)C(=N)c3cc(C(=N)C(C)C)c(N)cc3O)cc2)CC(C)O1. The summed E-state index contributed by atoms with van der Waals surface area (Å²) < 4.78 is 5.84. The third-order valence-corrected chi connectivity index (χ3v) is 6.76. The van der Waals surface area contributed by atoms with Gasteiger partial charge < -0.3 is 31.2 Å². The molecule has 1 aliphatic carbocycles. The number of amides is 1. The first-order valence-electron chi connectivity index (χ1n) is 13.0. The van der Waals surface area contributed by atoms with Crippen LogP contribution < -0.4 is 20.9 Å². The van der Waals surface area contributed by atoms with Crippen molar-refractivity contribution in [3.05, 3.63) is 47.5 Å². The average Bonchev–Trinajstić information content (AvgIpc) is 3.67. The molecule has 4 rings (SSSR count). The van der Waals surface area contributed by atoms with Gasteiger partial charge in [0.05, 0.1) is 17.8 Å². The van der Waals surface area contributed by atoms with Gasteiger partial charge in [-0.25, -0.2) is 0 Å². The van der Waals surface area contributed by atoms with Gasteiger partial charge in [-0.1, -0.05) is 13.8 Å². The van der Waals surface area contributed by atoms with Crippen LogP contribution >= 0.6 is 0 Å². The number of nitrogens with zero attached hydrogens (tertiary/aromatic N) is 2. The number of amidine groups is 2. The molecule has 0 spiro atoms. The van der Waals surface area contributed by atoms with Crippen LogP contribution in [0.3, 0.4) is 0 Å². The minimum Gasteiger partial charge on any atom is -0.507 e. The van der Waals surface area contributed by atoms with Crippen molar-refractivity contribution in [1.29, 1.82) is 16.2 Å². The highest BCUT2D eigenvalue weighted by Gasteiger charge is 2.31.